The average molecular weight is 530 g/mol. The molecule has 198 valence electrons. The Labute approximate surface area is 181 Å². The van der Waals surface area contributed by atoms with Gasteiger partial charge in [0.15, 0.2) is 0 Å². The van der Waals surface area contributed by atoms with Crippen molar-refractivity contribution in [2.45, 2.75) is 80.0 Å². The highest BCUT2D eigenvalue weighted by molar-refractivity contribution is 5.89. The number of esters is 1. The van der Waals surface area contributed by atoms with E-state index in [0.717, 1.165) is 0 Å². The van der Waals surface area contributed by atoms with Gasteiger partial charge in [-0.3, -0.25) is 0 Å². The molecular weight excluding hydrogens is 515 g/mol. The fraction of sp³-hybridized carbons (Fsp3) is 0.824. The Kier molecular flexibility index (Phi) is 6.80. The van der Waals surface area contributed by atoms with Crippen molar-refractivity contribution in [3.05, 3.63) is 12.2 Å². The van der Waals surface area contributed by atoms with Crippen molar-refractivity contribution in [3.63, 3.8) is 0 Å². The first kappa shape index (κ1) is 28.5. The van der Waals surface area contributed by atoms with E-state index in [1.807, 2.05) is 6.58 Å². The number of carbonyl (C=O) groups is 1. The molecule has 17 heteroatoms. The summed E-state index contributed by atoms with van der Waals surface area (Å²) < 4.78 is 186. The number of carbonyl (C=O) groups excluding carboxylic acids is 1. The van der Waals surface area contributed by atoms with Gasteiger partial charge in [0.25, 0.3) is 0 Å². The molecule has 1 saturated carbocycles. The molecule has 0 aromatic carbocycles. The molecule has 3 atom stereocenters. The highest BCUT2D eigenvalue weighted by Gasteiger charge is 2.92. The van der Waals surface area contributed by atoms with E-state index in [0.29, 0.717) is 0 Å². The third kappa shape index (κ3) is 4.01. The molecule has 3 unspecified atom stereocenters. The number of aliphatic hydroxyl groups is 1. The Hall–Kier alpha value is -1.78. The van der Waals surface area contributed by atoms with E-state index in [2.05, 4.69) is 9.47 Å². The van der Waals surface area contributed by atoms with Crippen LogP contribution in [0.3, 0.4) is 0 Å². The second-order valence-corrected chi connectivity index (χ2v) is 7.82. The first-order valence-electron chi connectivity index (χ1n) is 9.27. The monoisotopic (exact) mass is 530 g/mol. The van der Waals surface area contributed by atoms with E-state index >= 15 is 8.78 Å². The van der Waals surface area contributed by atoms with Crippen molar-refractivity contribution in [2.24, 2.45) is 5.92 Å². The minimum Gasteiger partial charge on any atom is -0.445 e. The number of ether oxygens (including phenoxy) is 2. The van der Waals surface area contributed by atoms with Crippen LogP contribution < -0.4 is 0 Å². The highest BCUT2D eigenvalue weighted by atomic mass is 19.4. The minimum absolute atomic E-state index is 0.125. The quantitative estimate of drug-likeness (QED) is 0.300. The van der Waals surface area contributed by atoms with Crippen LogP contribution in [0.2, 0.25) is 0 Å². The standard InChI is InChI=1S/C17H15F13O4/c1-7(14(22,23)24)9(31)33-10-12(18,19)11(16(25,26)27,8-5-3-2-4-6-8)34-15(32,13(10,20)21)17(28,29)30/h8,10,32H,1-6H2. The lowest BCUT2D eigenvalue weighted by molar-refractivity contribution is -0.547. The van der Waals surface area contributed by atoms with Crippen LogP contribution in [0, 0.1) is 5.92 Å². The van der Waals surface area contributed by atoms with E-state index in [9.17, 15) is 58.2 Å². The van der Waals surface area contributed by atoms with Gasteiger partial charge in [-0.05, 0) is 12.8 Å². The largest absolute Gasteiger partial charge is 0.449 e. The topological polar surface area (TPSA) is 55.8 Å². The summed E-state index contributed by atoms with van der Waals surface area (Å²) in [6.07, 6.45) is -26.9. The van der Waals surface area contributed by atoms with Crippen LogP contribution in [0.25, 0.3) is 0 Å². The van der Waals surface area contributed by atoms with Gasteiger partial charge in [-0.15, -0.1) is 0 Å². The molecule has 1 saturated heterocycles. The fourth-order valence-corrected chi connectivity index (χ4v) is 4.00. The van der Waals surface area contributed by atoms with E-state index in [-0.39, 0.29) is 19.3 Å². The molecule has 0 aromatic rings. The molecule has 1 aliphatic heterocycles. The Morgan fingerprint density at radius 2 is 1.32 bits per heavy atom. The van der Waals surface area contributed by atoms with Gasteiger partial charge in [0.05, 0.1) is 0 Å². The van der Waals surface area contributed by atoms with E-state index in [1.54, 1.807) is 0 Å². The smallest absolute Gasteiger partial charge is 0.445 e. The Morgan fingerprint density at radius 1 is 0.853 bits per heavy atom. The molecular formula is C17H15F13O4. The molecule has 34 heavy (non-hydrogen) atoms. The van der Waals surface area contributed by atoms with Crippen molar-refractivity contribution >= 4 is 5.97 Å². The second kappa shape index (κ2) is 8.13. The van der Waals surface area contributed by atoms with Gasteiger partial charge in [-0.1, -0.05) is 25.8 Å². The summed E-state index contributed by atoms with van der Waals surface area (Å²) in [5.41, 5.74) is -8.30. The van der Waals surface area contributed by atoms with Crippen LogP contribution in [0.5, 0.6) is 0 Å². The summed E-state index contributed by atoms with van der Waals surface area (Å²) >= 11 is 0. The van der Waals surface area contributed by atoms with Gasteiger partial charge < -0.3 is 14.6 Å². The van der Waals surface area contributed by atoms with Crippen LogP contribution in [0.15, 0.2) is 12.2 Å². The van der Waals surface area contributed by atoms with Gasteiger partial charge in [-0.2, -0.15) is 57.1 Å². The molecule has 4 nitrogen and oxygen atoms in total. The van der Waals surface area contributed by atoms with Crippen molar-refractivity contribution < 1.29 is 76.5 Å². The number of halogens is 13. The van der Waals surface area contributed by atoms with E-state index < -0.39 is 78.2 Å². The Morgan fingerprint density at radius 3 is 1.71 bits per heavy atom. The summed E-state index contributed by atoms with van der Waals surface area (Å²) in [5.74, 6) is -25.1. The number of rotatable bonds is 3. The zero-order valence-corrected chi connectivity index (χ0v) is 16.5. The van der Waals surface area contributed by atoms with Crippen molar-refractivity contribution in [1.29, 1.82) is 0 Å². The Balaban J connectivity index is 2.83. The lowest BCUT2D eigenvalue weighted by Gasteiger charge is -2.58. The summed E-state index contributed by atoms with van der Waals surface area (Å²) in [6.45, 7) is 2.02. The van der Waals surface area contributed by atoms with Gasteiger partial charge in [0, 0.05) is 5.92 Å². The molecule has 0 bridgehead atoms. The van der Waals surface area contributed by atoms with Gasteiger partial charge in [0.1, 0.15) is 5.57 Å². The molecule has 1 heterocycles. The first-order chi connectivity index (χ1) is 15.0. The third-order valence-electron chi connectivity index (χ3n) is 5.71. The SMILES string of the molecule is C=C(C(=O)OC1C(F)(F)C(O)(C(F)(F)F)OC(C2CCCCC2)(C(F)(F)F)C1(F)F)C(F)(F)F. The van der Waals surface area contributed by atoms with Crippen LogP contribution in [0.4, 0.5) is 57.1 Å². The summed E-state index contributed by atoms with van der Waals surface area (Å²) in [7, 11) is 0. The molecule has 2 fully saturated rings. The third-order valence-corrected chi connectivity index (χ3v) is 5.71. The van der Waals surface area contributed by atoms with Crippen LogP contribution in [-0.4, -0.2) is 58.9 Å². The van der Waals surface area contributed by atoms with Crippen molar-refractivity contribution in [1.82, 2.24) is 0 Å². The average Bonchev–Trinajstić information content (AvgIpc) is 2.65. The molecule has 1 N–H and O–H groups in total. The van der Waals surface area contributed by atoms with Crippen LogP contribution in [0.1, 0.15) is 32.1 Å². The van der Waals surface area contributed by atoms with Crippen molar-refractivity contribution in [3.8, 4) is 0 Å². The maximum Gasteiger partial charge on any atom is 0.449 e. The molecule has 0 amide bonds. The summed E-state index contributed by atoms with van der Waals surface area (Å²) in [6, 6.07) is 0. The molecule has 0 radical (unpaired) electrons. The number of hydrogen-bond acceptors (Lipinski definition) is 4. The second-order valence-electron chi connectivity index (χ2n) is 7.82. The Bertz CT molecular complexity index is 810. The number of hydrogen-bond donors (Lipinski definition) is 1. The van der Waals surface area contributed by atoms with Gasteiger partial charge >= 0.3 is 42.1 Å². The van der Waals surface area contributed by atoms with Gasteiger partial charge in [0.2, 0.25) is 11.7 Å². The molecule has 2 aliphatic rings. The minimum atomic E-state index is -6.91. The lowest BCUT2D eigenvalue weighted by Crippen LogP contribution is -2.84. The first-order valence-corrected chi connectivity index (χ1v) is 9.27. The zero-order valence-electron chi connectivity index (χ0n) is 16.5. The summed E-state index contributed by atoms with van der Waals surface area (Å²) in [5, 5.41) is 9.61. The van der Waals surface area contributed by atoms with Crippen molar-refractivity contribution in [2.75, 3.05) is 0 Å². The predicted molar refractivity (Wildman–Crippen MR) is 82.4 cm³/mol. The van der Waals surface area contributed by atoms with E-state index in [1.165, 1.54) is 0 Å². The van der Waals surface area contributed by atoms with E-state index in [4.69, 9.17) is 0 Å². The predicted octanol–water partition coefficient (Wildman–Crippen LogP) is 5.45. The molecule has 0 spiro atoms. The van der Waals surface area contributed by atoms with Crippen LogP contribution >= 0.6 is 0 Å². The maximum absolute atomic E-state index is 15.2. The maximum atomic E-state index is 15.2. The van der Waals surface area contributed by atoms with Crippen LogP contribution in [-0.2, 0) is 14.3 Å². The van der Waals surface area contributed by atoms with Gasteiger partial charge in [-0.25, -0.2) is 4.79 Å². The number of alkyl halides is 13. The summed E-state index contributed by atoms with van der Waals surface area (Å²) in [4.78, 5) is 11.5. The highest BCUT2D eigenvalue weighted by Crippen LogP contribution is 2.65. The molecule has 1 aliphatic carbocycles. The molecule has 0 aromatic heterocycles. The molecule has 2 rings (SSSR count). The lowest BCUT2D eigenvalue weighted by atomic mass is 9.68. The normalized spacial score (nSPS) is 32.8. The zero-order chi connectivity index (χ0) is 26.8. The fourth-order valence-electron chi connectivity index (χ4n) is 4.00.